The fourth-order valence-corrected chi connectivity index (χ4v) is 4.19. The van der Waals surface area contributed by atoms with Crippen LogP contribution in [0.4, 0.5) is 0 Å². The second-order valence-electron chi connectivity index (χ2n) is 8.45. The minimum atomic E-state index is -0.715. The minimum Gasteiger partial charge on any atom is -0.467 e. The first-order valence-electron chi connectivity index (χ1n) is 10.4. The molecule has 28 heavy (non-hydrogen) atoms. The average Bonchev–Trinajstić information content (AvgIpc) is 2.67. The molecular weight excluding hydrogens is 376 g/mol. The van der Waals surface area contributed by atoms with Crippen LogP contribution in [0.3, 0.4) is 0 Å². The minimum absolute atomic E-state index is 0.0268. The predicted molar refractivity (Wildman–Crippen MR) is 114 cm³/mol. The van der Waals surface area contributed by atoms with Crippen molar-refractivity contribution in [2.24, 2.45) is 23.7 Å². The molecule has 0 aliphatic heterocycles. The van der Waals surface area contributed by atoms with Crippen LogP contribution in [0.5, 0.6) is 0 Å². The molecule has 0 aromatic heterocycles. The second kappa shape index (κ2) is 12.3. The summed E-state index contributed by atoms with van der Waals surface area (Å²) >= 11 is 1.63. The Labute approximate surface area is 174 Å². The van der Waals surface area contributed by atoms with Gasteiger partial charge in [-0.2, -0.15) is 11.8 Å². The molecule has 1 aliphatic carbocycles. The van der Waals surface area contributed by atoms with Crippen molar-refractivity contribution in [3.63, 3.8) is 0 Å². The number of amides is 2. The molecule has 162 valence electrons. The van der Waals surface area contributed by atoms with E-state index in [9.17, 15) is 14.4 Å². The standard InChI is InChI=1S/C21H38N2O4S/c1-13(2)15-7-9-16(10-8-15)19(24)22-17(11-12-28-6)20(25)23-18(14(3)4)21(26)27-5/h13-18H,7-12H2,1-6H3,(H,22,24)(H,23,25)/t15?,16?,17-,18+/m0/s1. The van der Waals surface area contributed by atoms with E-state index in [-0.39, 0.29) is 23.7 Å². The number of thioether (sulfide) groups is 1. The molecule has 0 aromatic carbocycles. The molecule has 1 aliphatic rings. The average molecular weight is 415 g/mol. The van der Waals surface area contributed by atoms with E-state index in [0.717, 1.165) is 31.4 Å². The largest absolute Gasteiger partial charge is 0.467 e. The van der Waals surface area contributed by atoms with E-state index in [1.165, 1.54) is 7.11 Å². The number of hydrogen-bond acceptors (Lipinski definition) is 5. The Hall–Kier alpha value is -1.24. The van der Waals surface area contributed by atoms with E-state index in [4.69, 9.17) is 4.74 Å². The van der Waals surface area contributed by atoms with E-state index in [1.807, 2.05) is 20.1 Å². The number of hydrogen-bond donors (Lipinski definition) is 2. The highest BCUT2D eigenvalue weighted by Crippen LogP contribution is 2.33. The lowest BCUT2D eigenvalue weighted by Crippen LogP contribution is -2.54. The number of nitrogens with one attached hydrogen (secondary N) is 2. The molecular formula is C21H38N2O4S. The first-order valence-corrected chi connectivity index (χ1v) is 11.8. The molecule has 2 N–H and O–H groups in total. The number of carbonyl (C=O) groups excluding carboxylic acids is 3. The number of esters is 1. The fraction of sp³-hybridized carbons (Fsp3) is 0.857. The van der Waals surface area contributed by atoms with Gasteiger partial charge in [-0.3, -0.25) is 9.59 Å². The molecule has 1 fully saturated rings. The van der Waals surface area contributed by atoms with Crippen LogP contribution in [-0.2, 0) is 19.1 Å². The van der Waals surface area contributed by atoms with Crippen molar-refractivity contribution >= 4 is 29.5 Å². The van der Waals surface area contributed by atoms with Gasteiger partial charge in [-0.15, -0.1) is 0 Å². The zero-order valence-corrected chi connectivity index (χ0v) is 19.1. The van der Waals surface area contributed by atoms with Gasteiger partial charge in [-0.25, -0.2) is 4.79 Å². The molecule has 6 nitrogen and oxygen atoms in total. The summed E-state index contributed by atoms with van der Waals surface area (Å²) in [5.74, 6) is 1.14. The van der Waals surface area contributed by atoms with Crippen LogP contribution in [0.25, 0.3) is 0 Å². The maximum Gasteiger partial charge on any atom is 0.328 e. The quantitative estimate of drug-likeness (QED) is 0.537. The molecule has 0 heterocycles. The van der Waals surface area contributed by atoms with Crippen molar-refractivity contribution in [3.05, 3.63) is 0 Å². The van der Waals surface area contributed by atoms with Crippen LogP contribution >= 0.6 is 11.8 Å². The van der Waals surface area contributed by atoms with Crippen molar-refractivity contribution in [1.82, 2.24) is 10.6 Å². The summed E-state index contributed by atoms with van der Waals surface area (Å²) in [6.07, 6.45) is 6.39. The Balaban J connectivity index is 2.72. The summed E-state index contributed by atoms with van der Waals surface area (Å²) in [6, 6.07) is -1.35. The van der Waals surface area contributed by atoms with E-state index in [2.05, 4.69) is 24.5 Å². The topological polar surface area (TPSA) is 84.5 Å². The highest BCUT2D eigenvalue weighted by molar-refractivity contribution is 7.98. The number of methoxy groups -OCH3 is 1. The normalized spacial score (nSPS) is 21.9. The van der Waals surface area contributed by atoms with Gasteiger partial charge in [0.1, 0.15) is 12.1 Å². The third-order valence-electron chi connectivity index (χ3n) is 5.75. The van der Waals surface area contributed by atoms with E-state index >= 15 is 0 Å². The van der Waals surface area contributed by atoms with E-state index in [0.29, 0.717) is 18.3 Å². The number of carbonyl (C=O) groups is 3. The van der Waals surface area contributed by atoms with Crippen LogP contribution in [0.15, 0.2) is 0 Å². The molecule has 1 rings (SSSR count). The van der Waals surface area contributed by atoms with Gasteiger partial charge in [0.05, 0.1) is 7.11 Å². The summed E-state index contributed by atoms with van der Waals surface area (Å²) in [6.45, 7) is 8.18. The van der Waals surface area contributed by atoms with Gasteiger partial charge in [-0.1, -0.05) is 27.7 Å². The maximum absolute atomic E-state index is 12.8. The molecule has 0 aromatic rings. The van der Waals surface area contributed by atoms with Gasteiger partial charge >= 0.3 is 5.97 Å². The fourth-order valence-electron chi connectivity index (χ4n) is 3.72. The van der Waals surface area contributed by atoms with Gasteiger partial charge in [0, 0.05) is 5.92 Å². The Morgan fingerprint density at radius 2 is 1.64 bits per heavy atom. The third kappa shape index (κ3) is 7.64. The molecule has 7 heteroatoms. The Morgan fingerprint density at radius 1 is 1.04 bits per heavy atom. The number of ether oxygens (including phenoxy) is 1. The third-order valence-corrected chi connectivity index (χ3v) is 6.39. The monoisotopic (exact) mass is 414 g/mol. The number of rotatable bonds is 10. The Bertz CT molecular complexity index is 517. The van der Waals surface area contributed by atoms with Gasteiger partial charge in [0.25, 0.3) is 0 Å². The van der Waals surface area contributed by atoms with Crippen molar-refractivity contribution in [2.75, 3.05) is 19.1 Å². The summed E-state index contributed by atoms with van der Waals surface area (Å²) in [7, 11) is 1.31. The van der Waals surface area contributed by atoms with Crippen LogP contribution in [0, 0.1) is 23.7 Å². The Morgan fingerprint density at radius 3 is 2.11 bits per heavy atom. The zero-order valence-electron chi connectivity index (χ0n) is 18.2. The van der Waals surface area contributed by atoms with E-state index in [1.54, 1.807) is 11.8 Å². The second-order valence-corrected chi connectivity index (χ2v) is 9.44. The predicted octanol–water partition coefficient (Wildman–Crippen LogP) is 3.00. The molecule has 0 bridgehead atoms. The van der Waals surface area contributed by atoms with Gasteiger partial charge in [0.15, 0.2) is 0 Å². The molecule has 1 saturated carbocycles. The molecule has 2 atom stereocenters. The highest BCUT2D eigenvalue weighted by atomic mass is 32.2. The SMILES string of the molecule is COC(=O)[C@H](NC(=O)[C@H](CCSC)NC(=O)C1CCC(C(C)C)CC1)C(C)C. The smallest absolute Gasteiger partial charge is 0.328 e. The summed E-state index contributed by atoms with van der Waals surface area (Å²) in [5, 5.41) is 5.72. The molecule has 2 amide bonds. The van der Waals surface area contributed by atoms with Gasteiger partial charge in [-0.05, 0) is 61.9 Å². The molecule has 0 unspecified atom stereocenters. The van der Waals surface area contributed by atoms with Gasteiger partial charge in [0.2, 0.25) is 11.8 Å². The van der Waals surface area contributed by atoms with Crippen LogP contribution in [-0.4, -0.2) is 49.0 Å². The summed E-state index contributed by atoms with van der Waals surface area (Å²) in [4.78, 5) is 37.5. The lowest BCUT2D eigenvalue weighted by atomic mass is 9.76. The lowest BCUT2D eigenvalue weighted by molar-refractivity contribution is -0.146. The molecule has 0 spiro atoms. The van der Waals surface area contributed by atoms with Gasteiger partial charge < -0.3 is 15.4 Å². The van der Waals surface area contributed by atoms with Crippen LogP contribution in [0.2, 0.25) is 0 Å². The van der Waals surface area contributed by atoms with Crippen LogP contribution in [0.1, 0.15) is 59.8 Å². The summed E-state index contributed by atoms with van der Waals surface area (Å²) in [5.41, 5.74) is 0. The van der Waals surface area contributed by atoms with Crippen molar-refractivity contribution in [1.29, 1.82) is 0 Å². The first-order chi connectivity index (χ1) is 13.2. The lowest BCUT2D eigenvalue weighted by Gasteiger charge is -2.31. The van der Waals surface area contributed by atoms with E-state index < -0.39 is 18.1 Å². The summed E-state index contributed by atoms with van der Waals surface area (Å²) < 4.78 is 4.80. The molecule has 0 radical (unpaired) electrons. The Kier molecular flexibility index (Phi) is 10.9. The van der Waals surface area contributed by atoms with Crippen molar-refractivity contribution in [2.45, 2.75) is 71.9 Å². The first kappa shape index (κ1) is 24.8. The van der Waals surface area contributed by atoms with Crippen molar-refractivity contribution < 1.29 is 19.1 Å². The highest BCUT2D eigenvalue weighted by Gasteiger charge is 2.32. The maximum atomic E-state index is 12.8. The molecule has 0 saturated heterocycles. The zero-order chi connectivity index (χ0) is 21.3. The van der Waals surface area contributed by atoms with Crippen LogP contribution < -0.4 is 10.6 Å². The van der Waals surface area contributed by atoms with Crippen molar-refractivity contribution in [3.8, 4) is 0 Å².